The Morgan fingerprint density at radius 2 is 2.12 bits per heavy atom. The fourth-order valence-corrected chi connectivity index (χ4v) is 2.92. The SMILES string of the molecule is Cc1cc2cc(C(=O)N[C@@H]3CCOC[C@H]3OCC(=O)N(C)C)ccc2o1. The number of furan rings is 1. The van der Waals surface area contributed by atoms with E-state index in [1.165, 1.54) is 4.90 Å². The molecule has 1 aliphatic heterocycles. The van der Waals surface area contributed by atoms with Crippen LogP contribution in [0.15, 0.2) is 28.7 Å². The third-order valence-corrected chi connectivity index (χ3v) is 4.44. The summed E-state index contributed by atoms with van der Waals surface area (Å²) in [4.78, 5) is 25.8. The molecule has 0 bridgehead atoms. The second kappa shape index (κ2) is 7.88. The van der Waals surface area contributed by atoms with Gasteiger partial charge in [-0.25, -0.2) is 0 Å². The zero-order valence-electron chi connectivity index (χ0n) is 15.3. The minimum atomic E-state index is -0.350. The fraction of sp³-hybridized carbons (Fsp3) is 0.474. The smallest absolute Gasteiger partial charge is 0.251 e. The average molecular weight is 360 g/mol. The van der Waals surface area contributed by atoms with Crippen LogP contribution in [-0.4, -0.2) is 62.8 Å². The van der Waals surface area contributed by atoms with Gasteiger partial charge in [0.05, 0.1) is 12.6 Å². The lowest BCUT2D eigenvalue weighted by Crippen LogP contribution is -2.50. The molecule has 2 aromatic rings. The number of benzene rings is 1. The highest BCUT2D eigenvalue weighted by molar-refractivity contribution is 5.98. The molecule has 1 aromatic carbocycles. The molecule has 26 heavy (non-hydrogen) atoms. The average Bonchev–Trinajstić information content (AvgIpc) is 2.99. The molecule has 140 valence electrons. The number of ether oxygens (including phenoxy) is 2. The number of rotatable bonds is 5. The van der Waals surface area contributed by atoms with Crippen LogP contribution in [0.5, 0.6) is 0 Å². The third kappa shape index (κ3) is 4.23. The van der Waals surface area contributed by atoms with E-state index in [-0.39, 0.29) is 30.6 Å². The molecule has 0 aliphatic carbocycles. The summed E-state index contributed by atoms with van der Waals surface area (Å²) < 4.78 is 16.7. The van der Waals surface area contributed by atoms with Crippen molar-refractivity contribution in [3.05, 3.63) is 35.6 Å². The molecule has 7 heteroatoms. The summed E-state index contributed by atoms with van der Waals surface area (Å²) in [6, 6.07) is 7.05. The van der Waals surface area contributed by atoms with Crippen molar-refractivity contribution < 1.29 is 23.5 Å². The number of nitrogens with one attached hydrogen (secondary N) is 1. The van der Waals surface area contributed by atoms with Crippen LogP contribution in [-0.2, 0) is 14.3 Å². The van der Waals surface area contributed by atoms with Crippen molar-refractivity contribution in [1.82, 2.24) is 10.2 Å². The molecule has 3 rings (SSSR count). The minimum Gasteiger partial charge on any atom is -0.461 e. The fourth-order valence-electron chi connectivity index (χ4n) is 2.92. The summed E-state index contributed by atoms with van der Waals surface area (Å²) in [5.74, 6) is 0.507. The number of amides is 2. The van der Waals surface area contributed by atoms with Crippen LogP contribution >= 0.6 is 0 Å². The second-order valence-corrected chi connectivity index (χ2v) is 6.69. The summed E-state index contributed by atoms with van der Waals surface area (Å²) in [5.41, 5.74) is 1.32. The lowest BCUT2D eigenvalue weighted by molar-refractivity contribution is -0.140. The number of carbonyl (C=O) groups excluding carboxylic acids is 2. The van der Waals surface area contributed by atoms with E-state index in [1.807, 2.05) is 19.1 Å². The molecule has 1 aromatic heterocycles. The van der Waals surface area contributed by atoms with Crippen LogP contribution in [0.3, 0.4) is 0 Å². The summed E-state index contributed by atoms with van der Waals surface area (Å²) >= 11 is 0. The molecule has 0 spiro atoms. The molecule has 2 amide bonds. The minimum absolute atomic E-state index is 0.0341. The van der Waals surface area contributed by atoms with Crippen molar-refractivity contribution in [2.45, 2.75) is 25.5 Å². The van der Waals surface area contributed by atoms with Gasteiger partial charge < -0.3 is 24.1 Å². The first-order chi connectivity index (χ1) is 12.4. The Balaban J connectivity index is 1.65. The molecular formula is C19H24N2O5. The Morgan fingerprint density at radius 3 is 2.88 bits per heavy atom. The molecule has 0 radical (unpaired) electrons. The zero-order chi connectivity index (χ0) is 18.7. The number of hydrogen-bond donors (Lipinski definition) is 1. The van der Waals surface area contributed by atoms with Gasteiger partial charge in [0.2, 0.25) is 5.91 Å². The van der Waals surface area contributed by atoms with Gasteiger partial charge in [-0.3, -0.25) is 9.59 Å². The number of carbonyl (C=O) groups is 2. The van der Waals surface area contributed by atoms with Crippen molar-refractivity contribution in [3.8, 4) is 0 Å². The van der Waals surface area contributed by atoms with E-state index in [0.717, 1.165) is 16.7 Å². The van der Waals surface area contributed by atoms with E-state index in [2.05, 4.69) is 5.32 Å². The Morgan fingerprint density at radius 1 is 1.31 bits per heavy atom. The predicted octanol–water partition coefficient (Wildman–Crippen LogP) is 1.73. The second-order valence-electron chi connectivity index (χ2n) is 6.69. The highest BCUT2D eigenvalue weighted by atomic mass is 16.5. The molecule has 0 saturated carbocycles. The third-order valence-electron chi connectivity index (χ3n) is 4.44. The van der Waals surface area contributed by atoms with E-state index < -0.39 is 0 Å². The van der Waals surface area contributed by atoms with Gasteiger partial charge in [0.1, 0.15) is 24.1 Å². The zero-order valence-corrected chi connectivity index (χ0v) is 15.3. The van der Waals surface area contributed by atoms with E-state index >= 15 is 0 Å². The van der Waals surface area contributed by atoms with Crippen LogP contribution < -0.4 is 5.32 Å². The summed E-state index contributed by atoms with van der Waals surface area (Å²) in [5, 5.41) is 3.91. The first kappa shape index (κ1) is 18.4. The van der Waals surface area contributed by atoms with Crippen LogP contribution in [0.25, 0.3) is 11.0 Å². The predicted molar refractivity (Wildman–Crippen MR) is 96.1 cm³/mol. The molecule has 1 saturated heterocycles. The molecule has 0 unspecified atom stereocenters. The van der Waals surface area contributed by atoms with Gasteiger partial charge in [-0.15, -0.1) is 0 Å². The lowest BCUT2D eigenvalue weighted by Gasteiger charge is -2.32. The molecule has 1 aliphatic rings. The molecule has 2 heterocycles. The Kier molecular flexibility index (Phi) is 5.58. The summed E-state index contributed by atoms with van der Waals surface area (Å²) in [7, 11) is 3.35. The normalized spacial score (nSPS) is 20.1. The number of fused-ring (bicyclic) bond motifs is 1. The first-order valence-corrected chi connectivity index (χ1v) is 8.64. The highest BCUT2D eigenvalue weighted by Crippen LogP contribution is 2.21. The lowest BCUT2D eigenvalue weighted by atomic mass is 10.0. The van der Waals surface area contributed by atoms with E-state index in [9.17, 15) is 9.59 Å². The Bertz CT molecular complexity index is 798. The van der Waals surface area contributed by atoms with Gasteiger partial charge in [0.15, 0.2) is 0 Å². The molecule has 1 fully saturated rings. The number of aryl methyl sites for hydroxylation is 1. The van der Waals surface area contributed by atoms with Gasteiger partial charge in [0, 0.05) is 31.7 Å². The van der Waals surface area contributed by atoms with Crippen LogP contribution in [0.2, 0.25) is 0 Å². The van der Waals surface area contributed by atoms with Crippen LogP contribution in [0, 0.1) is 6.92 Å². The topological polar surface area (TPSA) is 81.0 Å². The van der Waals surface area contributed by atoms with Gasteiger partial charge in [-0.1, -0.05) is 0 Å². The van der Waals surface area contributed by atoms with E-state index in [4.69, 9.17) is 13.9 Å². The van der Waals surface area contributed by atoms with Crippen LogP contribution in [0.4, 0.5) is 0 Å². The maximum atomic E-state index is 12.6. The maximum Gasteiger partial charge on any atom is 0.251 e. The van der Waals surface area contributed by atoms with Gasteiger partial charge >= 0.3 is 0 Å². The van der Waals surface area contributed by atoms with Crippen molar-refractivity contribution in [2.75, 3.05) is 33.9 Å². The van der Waals surface area contributed by atoms with Crippen molar-refractivity contribution in [1.29, 1.82) is 0 Å². The van der Waals surface area contributed by atoms with Gasteiger partial charge in [-0.2, -0.15) is 0 Å². The molecule has 2 atom stereocenters. The van der Waals surface area contributed by atoms with Crippen molar-refractivity contribution in [3.63, 3.8) is 0 Å². The molecule has 7 nitrogen and oxygen atoms in total. The Labute approximate surface area is 152 Å². The molecular weight excluding hydrogens is 336 g/mol. The number of likely N-dealkylation sites (N-methyl/N-ethyl adjacent to an activating group) is 1. The number of hydrogen-bond acceptors (Lipinski definition) is 5. The Hall–Kier alpha value is -2.38. The molecule has 1 N–H and O–H groups in total. The largest absolute Gasteiger partial charge is 0.461 e. The monoisotopic (exact) mass is 360 g/mol. The van der Waals surface area contributed by atoms with Crippen molar-refractivity contribution >= 4 is 22.8 Å². The summed E-state index contributed by atoms with van der Waals surface area (Å²) in [6.45, 7) is 2.74. The van der Waals surface area contributed by atoms with E-state index in [0.29, 0.717) is 25.2 Å². The quantitative estimate of drug-likeness (QED) is 0.878. The summed E-state index contributed by atoms with van der Waals surface area (Å²) in [6.07, 6.45) is 0.288. The first-order valence-electron chi connectivity index (χ1n) is 8.64. The standard InChI is InChI=1S/C19H24N2O5/c1-12-8-14-9-13(4-5-16(14)26-12)19(23)20-15-6-7-24-10-17(15)25-11-18(22)21(2)3/h4-5,8-9,15,17H,6-7,10-11H2,1-3H3,(H,20,23)/t15-,17-/m1/s1. The van der Waals surface area contributed by atoms with Crippen LogP contribution in [0.1, 0.15) is 22.5 Å². The van der Waals surface area contributed by atoms with Gasteiger partial charge in [-0.05, 0) is 37.6 Å². The maximum absolute atomic E-state index is 12.6. The van der Waals surface area contributed by atoms with Crippen molar-refractivity contribution in [2.24, 2.45) is 0 Å². The number of nitrogens with zero attached hydrogens (tertiary/aromatic N) is 1. The van der Waals surface area contributed by atoms with E-state index in [1.54, 1.807) is 26.2 Å². The highest BCUT2D eigenvalue weighted by Gasteiger charge is 2.29. The van der Waals surface area contributed by atoms with Gasteiger partial charge in [0.25, 0.3) is 5.91 Å².